The monoisotopic (exact) mass is 225 g/mol. The highest BCUT2D eigenvalue weighted by Crippen LogP contribution is 1.94. The molecule has 0 spiro atoms. The van der Waals surface area contributed by atoms with Gasteiger partial charge in [-0.1, -0.05) is 0 Å². The van der Waals surface area contributed by atoms with Crippen molar-refractivity contribution in [1.82, 2.24) is 15.5 Å². The molecule has 1 aromatic rings. The summed E-state index contributed by atoms with van der Waals surface area (Å²) >= 11 is 0. The number of hydrogen-bond acceptors (Lipinski definition) is 4. The van der Waals surface area contributed by atoms with Gasteiger partial charge in [-0.2, -0.15) is 5.10 Å². The fourth-order valence-corrected chi connectivity index (χ4v) is 1.08. The number of carboxylic acids is 1. The van der Waals surface area contributed by atoms with Crippen LogP contribution in [0.5, 0.6) is 0 Å². The highest BCUT2D eigenvalue weighted by atomic mass is 16.4. The van der Waals surface area contributed by atoms with E-state index in [1.54, 1.807) is 6.92 Å². The molecule has 86 valence electrons. The van der Waals surface area contributed by atoms with Crippen LogP contribution in [0.2, 0.25) is 0 Å². The lowest BCUT2D eigenvalue weighted by Gasteiger charge is -2.10. The zero-order valence-corrected chi connectivity index (χ0v) is 8.56. The first kappa shape index (κ1) is 11.9. The molecule has 1 unspecified atom stereocenters. The maximum Gasteiger partial charge on any atom is 0.305 e. The van der Waals surface area contributed by atoms with Crippen molar-refractivity contribution in [3.05, 3.63) is 28.2 Å². The minimum atomic E-state index is -0.998. The third kappa shape index (κ3) is 3.52. The maximum atomic E-state index is 11.5. The quantitative estimate of drug-likeness (QED) is 0.631. The van der Waals surface area contributed by atoms with Gasteiger partial charge in [-0.05, 0) is 13.0 Å². The number of carboxylic acid groups (broad SMARTS) is 1. The molecule has 1 rings (SSSR count). The molecule has 0 aromatic carbocycles. The van der Waals surface area contributed by atoms with Gasteiger partial charge in [0.1, 0.15) is 5.69 Å². The summed E-state index contributed by atoms with van der Waals surface area (Å²) in [6.07, 6.45) is -0.172. The maximum absolute atomic E-state index is 11.5. The van der Waals surface area contributed by atoms with E-state index in [2.05, 4.69) is 15.5 Å². The van der Waals surface area contributed by atoms with E-state index in [1.807, 2.05) is 0 Å². The van der Waals surface area contributed by atoms with Crippen molar-refractivity contribution in [2.45, 2.75) is 19.4 Å². The molecule has 1 amide bonds. The predicted octanol–water partition coefficient (Wildman–Crippen LogP) is -0.637. The van der Waals surface area contributed by atoms with Crippen molar-refractivity contribution in [1.29, 1.82) is 0 Å². The van der Waals surface area contributed by atoms with E-state index in [1.165, 1.54) is 12.1 Å². The largest absolute Gasteiger partial charge is 0.481 e. The second-order valence-corrected chi connectivity index (χ2v) is 3.28. The van der Waals surface area contributed by atoms with Gasteiger partial charge in [-0.3, -0.25) is 14.4 Å². The first-order chi connectivity index (χ1) is 7.49. The number of aromatic amines is 1. The lowest BCUT2D eigenvalue weighted by Crippen LogP contribution is -2.35. The van der Waals surface area contributed by atoms with Gasteiger partial charge in [-0.15, -0.1) is 0 Å². The number of aliphatic carboxylic acids is 1. The minimum absolute atomic E-state index is 0.0387. The molecule has 0 aliphatic heterocycles. The Morgan fingerprint density at radius 1 is 1.56 bits per heavy atom. The summed E-state index contributed by atoms with van der Waals surface area (Å²) in [6, 6.07) is 1.93. The van der Waals surface area contributed by atoms with E-state index >= 15 is 0 Å². The Labute approximate surface area is 90.5 Å². The SMILES string of the molecule is CC(CC(=O)O)NC(=O)c1ccc(=O)[nH]n1. The number of aromatic nitrogens is 2. The number of H-pyrrole nitrogens is 1. The Hall–Kier alpha value is -2.18. The predicted molar refractivity (Wildman–Crippen MR) is 54.0 cm³/mol. The molecule has 7 nitrogen and oxygen atoms in total. The molecular weight excluding hydrogens is 214 g/mol. The van der Waals surface area contributed by atoms with Gasteiger partial charge in [0.05, 0.1) is 6.42 Å². The van der Waals surface area contributed by atoms with Gasteiger partial charge in [0.15, 0.2) is 0 Å². The van der Waals surface area contributed by atoms with E-state index < -0.39 is 23.5 Å². The number of nitrogens with one attached hydrogen (secondary N) is 2. The summed E-state index contributed by atoms with van der Waals surface area (Å²) in [5.74, 6) is -1.52. The van der Waals surface area contributed by atoms with Gasteiger partial charge in [0.25, 0.3) is 11.5 Å². The van der Waals surface area contributed by atoms with Crippen LogP contribution in [-0.4, -0.2) is 33.2 Å². The van der Waals surface area contributed by atoms with Crippen LogP contribution in [-0.2, 0) is 4.79 Å². The van der Waals surface area contributed by atoms with E-state index in [0.29, 0.717) is 0 Å². The lowest BCUT2D eigenvalue weighted by molar-refractivity contribution is -0.137. The molecule has 0 fully saturated rings. The van der Waals surface area contributed by atoms with E-state index in [0.717, 1.165) is 0 Å². The van der Waals surface area contributed by atoms with Crippen LogP contribution < -0.4 is 10.9 Å². The van der Waals surface area contributed by atoms with Crippen LogP contribution in [0.1, 0.15) is 23.8 Å². The summed E-state index contributed by atoms with van der Waals surface area (Å²) < 4.78 is 0. The molecule has 1 atom stereocenters. The molecule has 0 saturated carbocycles. The average molecular weight is 225 g/mol. The topological polar surface area (TPSA) is 112 Å². The minimum Gasteiger partial charge on any atom is -0.481 e. The third-order valence-corrected chi connectivity index (χ3v) is 1.77. The van der Waals surface area contributed by atoms with Crippen LogP contribution >= 0.6 is 0 Å². The average Bonchev–Trinajstić information content (AvgIpc) is 2.16. The number of hydrogen-bond donors (Lipinski definition) is 3. The first-order valence-electron chi connectivity index (χ1n) is 4.57. The zero-order chi connectivity index (χ0) is 12.1. The Bertz CT molecular complexity index is 434. The standard InChI is InChI=1S/C9H11N3O4/c1-5(4-8(14)15)10-9(16)6-2-3-7(13)12-11-6/h2-3,5H,4H2,1H3,(H,10,16)(H,12,13)(H,14,15). The second-order valence-electron chi connectivity index (χ2n) is 3.28. The van der Waals surface area contributed by atoms with Crippen molar-refractivity contribution in [2.75, 3.05) is 0 Å². The molecule has 0 aliphatic rings. The molecule has 0 bridgehead atoms. The van der Waals surface area contributed by atoms with Crippen LogP contribution in [0.3, 0.4) is 0 Å². The van der Waals surface area contributed by atoms with Crippen LogP contribution in [0.15, 0.2) is 16.9 Å². The number of carbonyl (C=O) groups is 2. The van der Waals surface area contributed by atoms with Crippen molar-refractivity contribution in [2.24, 2.45) is 0 Å². The number of rotatable bonds is 4. The Kier molecular flexibility index (Phi) is 3.76. The lowest BCUT2D eigenvalue weighted by atomic mass is 10.2. The summed E-state index contributed by atoms with van der Waals surface area (Å²) in [4.78, 5) is 32.5. The van der Waals surface area contributed by atoms with E-state index in [4.69, 9.17) is 5.11 Å². The summed E-state index contributed by atoms with van der Waals surface area (Å²) in [5.41, 5.74) is -0.369. The molecule has 1 heterocycles. The zero-order valence-electron chi connectivity index (χ0n) is 8.56. The molecule has 7 heteroatoms. The Balaban J connectivity index is 2.62. The third-order valence-electron chi connectivity index (χ3n) is 1.77. The van der Waals surface area contributed by atoms with Crippen molar-refractivity contribution < 1.29 is 14.7 Å². The van der Waals surface area contributed by atoms with Gasteiger partial charge in [-0.25, -0.2) is 5.10 Å². The van der Waals surface area contributed by atoms with Crippen molar-refractivity contribution in [3.63, 3.8) is 0 Å². The molecule has 0 aliphatic carbocycles. The molecule has 0 saturated heterocycles. The summed E-state index contributed by atoms with van der Waals surface area (Å²) in [5, 5.41) is 16.6. The Morgan fingerprint density at radius 3 is 2.75 bits per heavy atom. The number of carbonyl (C=O) groups excluding carboxylic acids is 1. The van der Waals surface area contributed by atoms with Crippen LogP contribution in [0.4, 0.5) is 0 Å². The smallest absolute Gasteiger partial charge is 0.305 e. The first-order valence-corrected chi connectivity index (χ1v) is 4.57. The number of amides is 1. The van der Waals surface area contributed by atoms with Gasteiger partial charge in [0.2, 0.25) is 0 Å². The van der Waals surface area contributed by atoms with Gasteiger partial charge in [0, 0.05) is 12.1 Å². The summed E-state index contributed by atoms with van der Waals surface area (Å²) in [7, 11) is 0. The highest BCUT2D eigenvalue weighted by Gasteiger charge is 2.13. The van der Waals surface area contributed by atoms with Gasteiger partial charge < -0.3 is 10.4 Å². The second kappa shape index (κ2) is 5.06. The van der Waals surface area contributed by atoms with Crippen molar-refractivity contribution in [3.8, 4) is 0 Å². The number of nitrogens with zero attached hydrogens (tertiary/aromatic N) is 1. The molecule has 3 N–H and O–H groups in total. The van der Waals surface area contributed by atoms with E-state index in [-0.39, 0.29) is 12.1 Å². The molecule has 0 radical (unpaired) electrons. The Morgan fingerprint density at radius 2 is 2.25 bits per heavy atom. The van der Waals surface area contributed by atoms with E-state index in [9.17, 15) is 14.4 Å². The van der Waals surface area contributed by atoms with Crippen LogP contribution in [0.25, 0.3) is 0 Å². The fraction of sp³-hybridized carbons (Fsp3) is 0.333. The normalized spacial score (nSPS) is 11.8. The van der Waals surface area contributed by atoms with Crippen molar-refractivity contribution >= 4 is 11.9 Å². The van der Waals surface area contributed by atoms with Gasteiger partial charge >= 0.3 is 5.97 Å². The summed E-state index contributed by atoms with van der Waals surface area (Å²) in [6.45, 7) is 1.57. The fourth-order valence-electron chi connectivity index (χ4n) is 1.08. The molecular formula is C9H11N3O4. The highest BCUT2D eigenvalue weighted by molar-refractivity contribution is 5.92. The molecule has 1 aromatic heterocycles. The molecule has 16 heavy (non-hydrogen) atoms. The van der Waals surface area contributed by atoms with Crippen LogP contribution in [0, 0.1) is 0 Å².